The van der Waals surface area contributed by atoms with E-state index in [1.54, 1.807) is 0 Å². The minimum atomic E-state index is -0.407. The van der Waals surface area contributed by atoms with Gasteiger partial charge in [-0.1, -0.05) is 152 Å². The molecule has 9 aromatic carbocycles. The maximum Gasteiger partial charge on any atom is 0.160 e. The number of para-hydroxylation sites is 1. The number of nitrogens with zero attached hydrogens (tertiary/aromatic N) is 2. The molecule has 0 atom stereocenters. The molecule has 0 saturated heterocycles. The number of rotatable bonds is 3. The lowest BCUT2D eigenvalue weighted by Crippen LogP contribution is -2.25. The van der Waals surface area contributed by atoms with E-state index in [-0.39, 0.29) is 0 Å². The van der Waals surface area contributed by atoms with Crippen LogP contribution in [0.1, 0.15) is 22.3 Å². The first-order chi connectivity index (χ1) is 27.2. The van der Waals surface area contributed by atoms with E-state index in [0.717, 1.165) is 39.1 Å². The first kappa shape index (κ1) is 30.3. The van der Waals surface area contributed by atoms with E-state index in [4.69, 9.17) is 9.97 Å². The average Bonchev–Trinajstić information content (AvgIpc) is 3.70. The quantitative estimate of drug-likeness (QED) is 0.184. The van der Waals surface area contributed by atoms with Gasteiger partial charge in [0, 0.05) is 16.5 Å². The summed E-state index contributed by atoms with van der Waals surface area (Å²) in [6.07, 6.45) is 0. The van der Waals surface area contributed by atoms with Gasteiger partial charge >= 0.3 is 0 Å². The van der Waals surface area contributed by atoms with E-state index in [2.05, 4.69) is 182 Å². The van der Waals surface area contributed by atoms with Crippen molar-refractivity contribution in [1.29, 1.82) is 0 Å². The number of fused-ring (bicyclic) bond motifs is 13. The van der Waals surface area contributed by atoms with Crippen LogP contribution in [-0.4, -0.2) is 9.97 Å². The minimum Gasteiger partial charge on any atom is -0.228 e. The van der Waals surface area contributed by atoms with Gasteiger partial charge in [0.05, 0.1) is 16.6 Å². The molecule has 0 amide bonds. The fourth-order valence-electron chi connectivity index (χ4n) is 9.60. The Kier molecular flexibility index (Phi) is 6.29. The van der Waals surface area contributed by atoms with Crippen molar-refractivity contribution in [2.24, 2.45) is 0 Å². The van der Waals surface area contributed by atoms with Crippen molar-refractivity contribution < 1.29 is 0 Å². The van der Waals surface area contributed by atoms with Crippen LogP contribution in [0.25, 0.3) is 88.5 Å². The fraction of sp³-hybridized carbons (Fsp3) is 0.0189. The second-order valence-electron chi connectivity index (χ2n) is 14.9. The molecule has 254 valence electrons. The van der Waals surface area contributed by atoms with Crippen LogP contribution in [0.15, 0.2) is 194 Å². The molecule has 0 fully saturated rings. The Balaban J connectivity index is 1.05. The van der Waals surface area contributed by atoms with Gasteiger partial charge in [0.15, 0.2) is 5.82 Å². The van der Waals surface area contributed by atoms with E-state index in [9.17, 15) is 0 Å². The normalized spacial score (nSPS) is 13.2. The van der Waals surface area contributed by atoms with Crippen molar-refractivity contribution in [1.82, 2.24) is 9.97 Å². The van der Waals surface area contributed by atoms with Crippen LogP contribution in [-0.2, 0) is 5.41 Å². The first-order valence-electron chi connectivity index (χ1n) is 19.0. The lowest BCUT2D eigenvalue weighted by Gasteiger charge is -2.30. The maximum absolute atomic E-state index is 5.17. The molecule has 0 unspecified atom stereocenters. The Morgan fingerprint density at radius 1 is 0.309 bits per heavy atom. The highest BCUT2D eigenvalue weighted by Crippen LogP contribution is 2.63. The summed E-state index contributed by atoms with van der Waals surface area (Å²) < 4.78 is 0. The highest BCUT2D eigenvalue weighted by Gasteiger charge is 2.51. The monoisotopic (exact) mass is 696 g/mol. The molecule has 1 heterocycles. The van der Waals surface area contributed by atoms with E-state index in [1.165, 1.54) is 71.6 Å². The second kappa shape index (κ2) is 11.4. The molecule has 12 rings (SSSR count). The average molecular weight is 697 g/mol. The second-order valence-corrected chi connectivity index (χ2v) is 14.9. The van der Waals surface area contributed by atoms with Gasteiger partial charge < -0.3 is 0 Å². The van der Waals surface area contributed by atoms with Crippen LogP contribution in [0.4, 0.5) is 0 Å². The zero-order valence-electron chi connectivity index (χ0n) is 29.9. The molecule has 0 bridgehead atoms. The third-order valence-electron chi connectivity index (χ3n) is 12.0. The Hall–Kier alpha value is -7.16. The molecular formula is C53H32N2. The van der Waals surface area contributed by atoms with Crippen LogP contribution in [0.5, 0.6) is 0 Å². The van der Waals surface area contributed by atoms with Crippen molar-refractivity contribution in [2.45, 2.75) is 5.41 Å². The van der Waals surface area contributed by atoms with E-state index in [0.29, 0.717) is 0 Å². The summed E-state index contributed by atoms with van der Waals surface area (Å²) in [5.41, 5.74) is 16.6. The van der Waals surface area contributed by atoms with E-state index in [1.807, 2.05) is 12.1 Å². The third-order valence-corrected chi connectivity index (χ3v) is 12.0. The van der Waals surface area contributed by atoms with Crippen molar-refractivity contribution in [3.05, 3.63) is 216 Å². The maximum atomic E-state index is 5.17. The molecule has 55 heavy (non-hydrogen) atoms. The molecule has 0 N–H and O–H groups in total. The van der Waals surface area contributed by atoms with Crippen LogP contribution in [0, 0.1) is 0 Å². The molecule has 2 aliphatic carbocycles. The number of hydrogen-bond donors (Lipinski definition) is 0. The van der Waals surface area contributed by atoms with Crippen molar-refractivity contribution in [3.8, 4) is 56.0 Å². The molecule has 1 spiro atoms. The fourth-order valence-corrected chi connectivity index (χ4v) is 9.60. The van der Waals surface area contributed by atoms with Crippen LogP contribution >= 0.6 is 0 Å². The Labute approximate surface area is 319 Å². The van der Waals surface area contributed by atoms with Gasteiger partial charge in [-0.2, -0.15) is 0 Å². The van der Waals surface area contributed by atoms with E-state index >= 15 is 0 Å². The molecule has 10 aromatic rings. The lowest BCUT2D eigenvalue weighted by molar-refractivity contribution is 0.796. The number of aromatic nitrogens is 2. The van der Waals surface area contributed by atoms with Gasteiger partial charge in [0.1, 0.15) is 0 Å². The predicted octanol–water partition coefficient (Wildman–Crippen LogP) is 13.3. The molecular weight excluding hydrogens is 665 g/mol. The topological polar surface area (TPSA) is 25.8 Å². The molecule has 2 nitrogen and oxygen atoms in total. The van der Waals surface area contributed by atoms with Gasteiger partial charge in [-0.15, -0.1) is 0 Å². The Morgan fingerprint density at radius 3 is 1.64 bits per heavy atom. The van der Waals surface area contributed by atoms with Crippen molar-refractivity contribution >= 4 is 32.4 Å². The molecule has 0 radical (unpaired) electrons. The first-order valence-corrected chi connectivity index (χ1v) is 19.0. The van der Waals surface area contributed by atoms with Gasteiger partial charge in [0.2, 0.25) is 0 Å². The minimum absolute atomic E-state index is 0.407. The summed E-state index contributed by atoms with van der Waals surface area (Å²) >= 11 is 0. The standard InChI is InChI=1S/C53H32N2/c1-2-13-33(14-3-1)51-43-21-8-11-24-50(43)54-52(55-51)39-18-12-17-34(27-39)37-25-26-38-30-45-44-29-35-15-4-5-16-36(35)31-48(44)53(49(45)32-40(38)28-37)46-22-9-6-19-41(46)42-20-7-10-23-47(42)53/h1-32H. The summed E-state index contributed by atoms with van der Waals surface area (Å²) in [5.74, 6) is 0.726. The molecule has 0 aliphatic heterocycles. The van der Waals surface area contributed by atoms with Crippen LogP contribution in [0.2, 0.25) is 0 Å². The van der Waals surface area contributed by atoms with Crippen molar-refractivity contribution in [2.75, 3.05) is 0 Å². The van der Waals surface area contributed by atoms with Gasteiger partial charge in [0.25, 0.3) is 0 Å². The van der Waals surface area contributed by atoms with E-state index < -0.39 is 5.41 Å². The summed E-state index contributed by atoms with van der Waals surface area (Å²) in [6.45, 7) is 0. The van der Waals surface area contributed by atoms with Gasteiger partial charge in [-0.25, -0.2) is 9.97 Å². The Morgan fingerprint density at radius 2 is 0.873 bits per heavy atom. The lowest BCUT2D eigenvalue weighted by atomic mass is 9.70. The molecule has 2 heteroatoms. The smallest absolute Gasteiger partial charge is 0.160 e. The highest BCUT2D eigenvalue weighted by atomic mass is 14.9. The summed E-state index contributed by atoms with van der Waals surface area (Å²) in [7, 11) is 0. The molecule has 2 aliphatic rings. The zero-order valence-corrected chi connectivity index (χ0v) is 29.9. The van der Waals surface area contributed by atoms with Gasteiger partial charge in [-0.05, 0) is 120 Å². The predicted molar refractivity (Wildman–Crippen MR) is 227 cm³/mol. The van der Waals surface area contributed by atoms with Crippen LogP contribution < -0.4 is 0 Å². The largest absolute Gasteiger partial charge is 0.228 e. The summed E-state index contributed by atoms with van der Waals surface area (Å²) in [5, 5.41) is 6.06. The van der Waals surface area contributed by atoms with Crippen molar-refractivity contribution in [3.63, 3.8) is 0 Å². The summed E-state index contributed by atoms with van der Waals surface area (Å²) in [6, 6.07) is 71.0. The number of hydrogen-bond acceptors (Lipinski definition) is 2. The Bertz CT molecular complexity index is 3170. The highest BCUT2D eigenvalue weighted by molar-refractivity contribution is 6.04. The summed E-state index contributed by atoms with van der Waals surface area (Å²) in [4.78, 5) is 10.2. The molecule has 0 saturated carbocycles. The molecule has 1 aromatic heterocycles. The zero-order chi connectivity index (χ0) is 36.1. The van der Waals surface area contributed by atoms with Crippen LogP contribution in [0.3, 0.4) is 0 Å². The van der Waals surface area contributed by atoms with Gasteiger partial charge in [-0.3, -0.25) is 0 Å². The third kappa shape index (κ3) is 4.31. The SMILES string of the molecule is c1ccc(-c2nc(-c3cccc(-c4ccc5cc6c(cc5c4)C4(c5ccccc5-c5ccccc54)c4cc5ccccc5cc4-6)c3)nc3ccccc23)cc1. The number of benzene rings is 9.